The quantitative estimate of drug-likeness (QED) is 0.546. The molecule has 1 amide bonds. The number of aldehydes is 1. The Kier molecular flexibility index (Phi) is 6.88. The molecular formula is C16H25N3O2. The third kappa shape index (κ3) is 5.19. The number of rotatable bonds is 6. The van der Waals surface area contributed by atoms with E-state index in [4.69, 9.17) is 0 Å². The number of carbonyl (C=O) groups is 2. The summed E-state index contributed by atoms with van der Waals surface area (Å²) in [4.78, 5) is 28.8. The number of hydrogen-bond donors (Lipinski definition) is 0. The Bertz CT molecular complexity index is 452. The van der Waals surface area contributed by atoms with E-state index in [9.17, 15) is 9.59 Å². The second-order valence-electron chi connectivity index (χ2n) is 5.30. The maximum Gasteiger partial charge on any atom is 0.246 e. The van der Waals surface area contributed by atoms with Gasteiger partial charge in [0.05, 0.1) is 12.2 Å². The van der Waals surface area contributed by atoms with Crippen LogP contribution < -0.4 is 0 Å². The Balaban J connectivity index is 2.62. The normalized spacial score (nSPS) is 17.0. The Morgan fingerprint density at radius 2 is 2.10 bits per heavy atom. The van der Waals surface area contributed by atoms with E-state index in [0.717, 1.165) is 24.9 Å². The molecule has 1 rings (SSSR count). The molecule has 0 atom stereocenters. The van der Waals surface area contributed by atoms with E-state index >= 15 is 0 Å². The molecular weight excluding hydrogens is 266 g/mol. The van der Waals surface area contributed by atoms with Gasteiger partial charge in [0.1, 0.15) is 0 Å². The summed E-state index contributed by atoms with van der Waals surface area (Å²) < 4.78 is 0. The molecule has 0 aliphatic carbocycles. The van der Waals surface area contributed by atoms with Crippen molar-refractivity contribution in [2.24, 2.45) is 0 Å². The Hall–Kier alpha value is -1.88. The summed E-state index contributed by atoms with van der Waals surface area (Å²) in [6.07, 6.45) is 6.99. The molecule has 0 unspecified atom stereocenters. The topological polar surface area (TPSA) is 43.9 Å². The van der Waals surface area contributed by atoms with Gasteiger partial charge in [0.2, 0.25) is 5.91 Å². The van der Waals surface area contributed by atoms with Crippen molar-refractivity contribution in [1.82, 2.24) is 14.7 Å². The zero-order valence-electron chi connectivity index (χ0n) is 13.2. The molecule has 5 nitrogen and oxygen atoms in total. The van der Waals surface area contributed by atoms with Crippen LogP contribution in [-0.2, 0) is 9.59 Å². The van der Waals surface area contributed by atoms with Crippen LogP contribution in [0.3, 0.4) is 0 Å². The number of piperazine rings is 1. The first-order valence-electron chi connectivity index (χ1n) is 7.20. The summed E-state index contributed by atoms with van der Waals surface area (Å²) in [6, 6.07) is 0. The highest BCUT2D eigenvalue weighted by molar-refractivity contribution is 5.88. The largest absolute Gasteiger partial charge is 0.340 e. The zero-order valence-corrected chi connectivity index (χ0v) is 13.2. The molecule has 0 N–H and O–H groups in total. The van der Waals surface area contributed by atoms with Crippen LogP contribution in [0.4, 0.5) is 0 Å². The van der Waals surface area contributed by atoms with Crippen molar-refractivity contribution in [3.63, 3.8) is 0 Å². The number of carbonyl (C=O) groups excluding carboxylic acids is 2. The molecule has 0 radical (unpaired) electrons. The zero-order chi connectivity index (χ0) is 15.8. The molecule has 5 heteroatoms. The van der Waals surface area contributed by atoms with Crippen molar-refractivity contribution in [1.29, 1.82) is 0 Å². The lowest BCUT2D eigenvalue weighted by atomic mass is 10.2. The molecule has 1 saturated heterocycles. The van der Waals surface area contributed by atoms with Crippen LogP contribution in [0.1, 0.15) is 13.3 Å². The molecule has 21 heavy (non-hydrogen) atoms. The first kappa shape index (κ1) is 17.2. The Morgan fingerprint density at radius 1 is 1.38 bits per heavy atom. The molecule has 0 aromatic carbocycles. The minimum Gasteiger partial charge on any atom is -0.340 e. The first-order valence-corrected chi connectivity index (χ1v) is 7.20. The van der Waals surface area contributed by atoms with Crippen molar-refractivity contribution >= 4 is 12.2 Å². The van der Waals surface area contributed by atoms with Gasteiger partial charge in [-0.2, -0.15) is 0 Å². The lowest BCUT2D eigenvalue weighted by Gasteiger charge is -2.37. The predicted octanol–water partition coefficient (Wildman–Crippen LogP) is 1.25. The maximum absolute atomic E-state index is 12.1. The molecule has 1 aliphatic heterocycles. The number of nitrogens with zero attached hydrogens (tertiary/aromatic N) is 3. The van der Waals surface area contributed by atoms with E-state index in [0.29, 0.717) is 25.3 Å². The Morgan fingerprint density at radius 3 is 2.62 bits per heavy atom. The first-order chi connectivity index (χ1) is 9.99. The van der Waals surface area contributed by atoms with Crippen LogP contribution >= 0.6 is 0 Å². The van der Waals surface area contributed by atoms with E-state index in [2.05, 4.69) is 6.58 Å². The molecule has 0 saturated carbocycles. The van der Waals surface area contributed by atoms with Gasteiger partial charge in [-0.25, -0.2) is 0 Å². The summed E-state index contributed by atoms with van der Waals surface area (Å²) in [7, 11) is 3.91. The highest BCUT2D eigenvalue weighted by atomic mass is 16.2. The summed E-state index contributed by atoms with van der Waals surface area (Å²) in [5.41, 5.74) is 1.42. The van der Waals surface area contributed by atoms with E-state index in [1.165, 1.54) is 0 Å². The fraction of sp³-hybridized carbons (Fsp3) is 0.500. The minimum atomic E-state index is -0.00947. The fourth-order valence-corrected chi connectivity index (χ4v) is 2.16. The van der Waals surface area contributed by atoms with Crippen molar-refractivity contribution in [2.75, 3.05) is 40.3 Å². The van der Waals surface area contributed by atoms with Gasteiger partial charge >= 0.3 is 0 Å². The number of allylic oxidation sites excluding steroid dienone is 2. The third-order valence-electron chi connectivity index (χ3n) is 3.24. The van der Waals surface area contributed by atoms with Crippen LogP contribution in [0.5, 0.6) is 0 Å². The third-order valence-corrected chi connectivity index (χ3v) is 3.24. The van der Waals surface area contributed by atoms with Gasteiger partial charge < -0.3 is 14.7 Å². The van der Waals surface area contributed by atoms with E-state index in [-0.39, 0.29) is 5.91 Å². The Labute approximate surface area is 127 Å². The van der Waals surface area contributed by atoms with Crippen LogP contribution in [0.15, 0.2) is 36.2 Å². The number of amides is 1. The van der Waals surface area contributed by atoms with Crippen molar-refractivity contribution in [3.8, 4) is 0 Å². The smallest absolute Gasteiger partial charge is 0.246 e. The van der Waals surface area contributed by atoms with Gasteiger partial charge in [-0.05, 0) is 20.5 Å². The summed E-state index contributed by atoms with van der Waals surface area (Å²) in [5.74, 6) is -0.00947. The molecule has 0 spiro atoms. The van der Waals surface area contributed by atoms with Crippen LogP contribution in [0, 0.1) is 0 Å². The van der Waals surface area contributed by atoms with E-state index < -0.39 is 0 Å². The van der Waals surface area contributed by atoms with Crippen LogP contribution in [0.25, 0.3) is 0 Å². The average molecular weight is 291 g/mol. The van der Waals surface area contributed by atoms with Crippen LogP contribution in [0.2, 0.25) is 0 Å². The van der Waals surface area contributed by atoms with Crippen LogP contribution in [-0.4, -0.2) is 67.2 Å². The average Bonchev–Trinajstić information content (AvgIpc) is 2.44. The fourth-order valence-electron chi connectivity index (χ4n) is 2.16. The second kappa shape index (κ2) is 8.42. The van der Waals surface area contributed by atoms with Gasteiger partial charge in [-0.15, -0.1) is 0 Å². The van der Waals surface area contributed by atoms with Crippen molar-refractivity contribution < 1.29 is 9.59 Å². The highest BCUT2D eigenvalue weighted by Crippen LogP contribution is 2.17. The van der Waals surface area contributed by atoms with E-state index in [1.54, 1.807) is 11.0 Å². The van der Waals surface area contributed by atoms with E-state index in [1.807, 2.05) is 43.0 Å². The minimum absolute atomic E-state index is 0.00947. The predicted molar refractivity (Wildman–Crippen MR) is 84.6 cm³/mol. The SMILES string of the molecule is C=C1CN(C(=O)/C=C/CN(C)C)CCN1/C(C=O)=C\CC. The van der Waals surface area contributed by atoms with Crippen molar-refractivity contribution in [2.45, 2.75) is 13.3 Å². The molecule has 116 valence electrons. The van der Waals surface area contributed by atoms with Gasteiger partial charge in [0.25, 0.3) is 0 Å². The molecule has 1 fully saturated rings. The highest BCUT2D eigenvalue weighted by Gasteiger charge is 2.23. The van der Waals surface area contributed by atoms with Gasteiger partial charge in [-0.1, -0.05) is 25.7 Å². The molecule has 0 aromatic heterocycles. The summed E-state index contributed by atoms with van der Waals surface area (Å²) >= 11 is 0. The lowest BCUT2D eigenvalue weighted by molar-refractivity contribution is -0.126. The standard InChI is InChI=1S/C16H25N3O2/c1-5-7-15(13-20)19-11-10-18(12-14(19)2)16(21)8-6-9-17(3)4/h6-8,13H,2,5,9-12H2,1,3-4H3/b8-6+,15-7-. The summed E-state index contributed by atoms with van der Waals surface area (Å²) in [5, 5.41) is 0. The molecule has 1 aliphatic rings. The molecule has 0 aromatic rings. The van der Waals surface area contributed by atoms with Gasteiger partial charge in [0.15, 0.2) is 6.29 Å². The van der Waals surface area contributed by atoms with Crippen molar-refractivity contribution in [3.05, 3.63) is 36.2 Å². The maximum atomic E-state index is 12.1. The number of likely N-dealkylation sites (N-methyl/N-ethyl adjacent to an activating group) is 1. The van der Waals surface area contributed by atoms with Gasteiger partial charge in [0, 0.05) is 31.4 Å². The number of hydrogen-bond acceptors (Lipinski definition) is 4. The molecule has 0 bridgehead atoms. The monoisotopic (exact) mass is 291 g/mol. The lowest BCUT2D eigenvalue weighted by Crippen LogP contribution is -2.46. The second-order valence-corrected chi connectivity index (χ2v) is 5.30. The summed E-state index contributed by atoms with van der Waals surface area (Å²) in [6.45, 7) is 8.38. The molecule has 1 heterocycles. The van der Waals surface area contributed by atoms with Gasteiger partial charge in [-0.3, -0.25) is 9.59 Å².